The number of methoxy groups -OCH3 is 1. The van der Waals surface area contributed by atoms with Crippen LogP contribution in [0.3, 0.4) is 0 Å². The van der Waals surface area contributed by atoms with Gasteiger partial charge in [-0.15, -0.1) is 0 Å². The number of nitrogens with zero attached hydrogens (tertiary/aromatic N) is 2. The van der Waals surface area contributed by atoms with E-state index in [4.69, 9.17) is 10.5 Å². The average molecular weight is 519 g/mol. The van der Waals surface area contributed by atoms with Gasteiger partial charge in [0, 0.05) is 19.5 Å². The Morgan fingerprint density at radius 1 is 1.11 bits per heavy atom. The van der Waals surface area contributed by atoms with Crippen LogP contribution < -0.4 is 11.1 Å². The zero-order valence-corrected chi connectivity index (χ0v) is 21.6. The third kappa shape index (κ3) is 5.94. The van der Waals surface area contributed by atoms with Gasteiger partial charge in [-0.05, 0) is 45.1 Å². The van der Waals surface area contributed by atoms with Crippen LogP contribution in [0.5, 0.6) is 0 Å². The molecule has 0 aliphatic carbocycles. The minimum atomic E-state index is -1.34. The summed E-state index contributed by atoms with van der Waals surface area (Å²) in [4.78, 5) is 56.0. The van der Waals surface area contributed by atoms with Crippen LogP contribution in [0.25, 0.3) is 0 Å². The number of amides is 3. The zero-order valence-electron chi connectivity index (χ0n) is 21.6. The number of hydrogen-bond donors (Lipinski definition) is 4. The molecule has 0 radical (unpaired) electrons. The molecule has 6 atom stereocenters. The number of nitrogens with two attached hydrogens (primary N) is 1. The molecule has 0 aromatic heterocycles. The van der Waals surface area contributed by atoms with Gasteiger partial charge in [0.1, 0.15) is 17.6 Å². The van der Waals surface area contributed by atoms with Gasteiger partial charge in [0.2, 0.25) is 17.7 Å². The molecule has 3 amide bonds. The molecule has 0 spiro atoms. The first-order valence-corrected chi connectivity index (χ1v) is 12.7. The van der Waals surface area contributed by atoms with Crippen LogP contribution in [0, 0.1) is 0 Å². The normalized spacial score (nSPS) is 24.8. The van der Waals surface area contributed by atoms with Crippen molar-refractivity contribution in [3.8, 4) is 0 Å². The number of rotatable bonds is 9. The maximum atomic E-state index is 14.0. The second-order valence-corrected chi connectivity index (χ2v) is 9.96. The Labute approximate surface area is 216 Å². The standard InChI is InChI=1S/C26H38N4O7/c1-16(31)20(27)23(34)29-13-7-11-19(29)22(33)30-14-8-12-26(30,15-18-9-5-4-6-10-18)25(36)28-21(17(2)32)24(35)37-3/h4-6,9-10,16-17,19-21,31-32H,7-8,11-15,27H2,1-3H3,(H,28,36)/t16-,17-,19+,20+,21+,26?/m1/s1. The third-order valence-corrected chi connectivity index (χ3v) is 7.37. The number of aliphatic hydroxyl groups excluding tert-OH is 2. The Kier molecular flexibility index (Phi) is 9.27. The van der Waals surface area contributed by atoms with Gasteiger partial charge in [0.15, 0.2) is 6.04 Å². The second kappa shape index (κ2) is 12.0. The van der Waals surface area contributed by atoms with Crippen LogP contribution in [0.2, 0.25) is 0 Å². The summed E-state index contributed by atoms with van der Waals surface area (Å²) in [6.45, 7) is 3.41. The molecule has 2 fully saturated rings. The lowest BCUT2D eigenvalue weighted by Gasteiger charge is -2.41. The van der Waals surface area contributed by atoms with Gasteiger partial charge >= 0.3 is 5.97 Å². The van der Waals surface area contributed by atoms with Gasteiger partial charge in [-0.3, -0.25) is 14.4 Å². The van der Waals surface area contributed by atoms with Crippen molar-refractivity contribution >= 4 is 23.7 Å². The number of aliphatic hydroxyl groups is 2. The number of ether oxygens (including phenoxy) is 1. The number of benzene rings is 1. The van der Waals surface area contributed by atoms with E-state index in [1.165, 1.54) is 30.8 Å². The first-order chi connectivity index (χ1) is 17.5. The summed E-state index contributed by atoms with van der Waals surface area (Å²) in [6, 6.07) is 5.96. The molecular formula is C26H38N4O7. The lowest BCUT2D eigenvalue weighted by molar-refractivity contribution is -0.155. The van der Waals surface area contributed by atoms with Crippen molar-refractivity contribution in [2.45, 2.75) is 81.8 Å². The fourth-order valence-corrected chi connectivity index (χ4v) is 5.28. The highest BCUT2D eigenvalue weighted by atomic mass is 16.5. The Hall–Kier alpha value is -3.02. The maximum Gasteiger partial charge on any atom is 0.331 e. The van der Waals surface area contributed by atoms with Gasteiger partial charge < -0.3 is 35.8 Å². The molecule has 3 rings (SSSR count). The highest BCUT2D eigenvalue weighted by Crippen LogP contribution is 2.36. The number of likely N-dealkylation sites (tertiary alicyclic amines) is 2. The Bertz CT molecular complexity index is 986. The minimum absolute atomic E-state index is 0.187. The number of esters is 1. The quantitative estimate of drug-likeness (QED) is 0.313. The van der Waals surface area contributed by atoms with Crippen LogP contribution in [-0.2, 0) is 30.3 Å². The highest BCUT2D eigenvalue weighted by Gasteiger charge is 2.53. The molecule has 2 saturated heterocycles. The summed E-state index contributed by atoms with van der Waals surface area (Å²) in [5, 5.41) is 22.6. The molecule has 37 heavy (non-hydrogen) atoms. The number of nitrogens with one attached hydrogen (secondary N) is 1. The van der Waals surface area contributed by atoms with E-state index in [1.54, 1.807) is 0 Å². The van der Waals surface area contributed by atoms with Crippen LogP contribution >= 0.6 is 0 Å². The van der Waals surface area contributed by atoms with Crippen molar-refractivity contribution in [3.05, 3.63) is 35.9 Å². The summed E-state index contributed by atoms with van der Waals surface area (Å²) < 4.78 is 4.76. The van der Waals surface area contributed by atoms with Gasteiger partial charge in [-0.1, -0.05) is 30.3 Å². The number of hydrogen-bond acceptors (Lipinski definition) is 8. The van der Waals surface area contributed by atoms with Gasteiger partial charge in [-0.2, -0.15) is 0 Å². The summed E-state index contributed by atoms with van der Waals surface area (Å²) in [5.74, 6) is -2.26. The number of carbonyl (C=O) groups is 4. The predicted molar refractivity (Wildman–Crippen MR) is 134 cm³/mol. The van der Waals surface area contributed by atoms with Gasteiger partial charge in [0.25, 0.3) is 0 Å². The topological polar surface area (TPSA) is 162 Å². The van der Waals surface area contributed by atoms with E-state index in [1.807, 2.05) is 30.3 Å². The van der Waals surface area contributed by atoms with E-state index in [0.717, 1.165) is 5.56 Å². The van der Waals surface area contributed by atoms with Crippen LogP contribution in [-0.4, -0.2) is 99.8 Å². The summed E-state index contributed by atoms with van der Waals surface area (Å²) in [6.07, 6.45) is -0.233. The van der Waals surface area contributed by atoms with Crippen LogP contribution in [0.4, 0.5) is 0 Å². The smallest absolute Gasteiger partial charge is 0.331 e. The molecule has 2 heterocycles. The Morgan fingerprint density at radius 3 is 2.38 bits per heavy atom. The molecule has 204 valence electrons. The monoisotopic (exact) mass is 518 g/mol. The van der Waals surface area contributed by atoms with Crippen molar-refractivity contribution in [1.82, 2.24) is 15.1 Å². The van der Waals surface area contributed by atoms with Crippen molar-refractivity contribution in [2.24, 2.45) is 5.73 Å². The first-order valence-electron chi connectivity index (χ1n) is 12.7. The van der Waals surface area contributed by atoms with Crippen molar-refractivity contribution < 1.29 is 34.1 Å². The van der Waals surface area contributed by atoms with Gasteiger partial charge in [-0.25, -0.2) is 4.79 Å². The lowest BCUT2D eigenvalue weighted by atomic mass is 9.86. The molecule has 2 aliphatic rings. The lowest BCUT2D eigenvalue weighted by Crippen LogP contribution is -2.65. The van der Waals surface area contributed by atoms with Crippen molar-refractivity contribution in [1.29, 1.82) is 0 Å². The largest absolute Gasteiger partial charge is 0.467 e. The van der Waals surface area contributed by atoms with E-state index >= 15 is 0 Å². The molecule has 2 aliphatic heterocycles. The molecule has 0 saturated carbocycles. The van der Waals surface area contributed by atoms with E-state index in [2.05, 4.69) is 5.32 Å². The minimum Gasteiger partial charge on any atom is -0.467 e. The molecule has 1 unspecified atom stereocenters. The van der Waals surface area contributed by atoms with Crippen molar-refractivity contribution in [3.63, 3.8) is 0 Å². The molecule has 11 nitrogen and oxygen atoms in total. The fourth-order valence-electron chi connectivity index (χ4n) is 5.28. The van der Waals surface area contributed by atoms with Crippen LogP contribution in [0.15, 0.2) is 30.3 Å². The summed E-state index contributed by atoms with van der Waals surface area (Å²) in [5.41, 5.74) is 5.36. The summed E-state index contributed by atoms with van der Waals surface area (Å²) in [7, 11) is 1.17. The van der Waals surface area contributed by atoms with E-state index in [-0.39, 0.29) is 18.9 Å². The molecule has 1 aromatic rings. The van der Waals surface area contributed by atoms with E-state index in [9.17, 15) is 29.4 Å². The second-order valence-electron chi connectivity index (χ2n) is 9.96. The van der Waals surface area contributed by atoms with E-state index in [0.29, 0.717) is 32.2 Å². The Balaban J connectivity index is 1.96. The SMILES string of the molecule is COC(=O)[C@@H](NC(=O)C1(Cc2ccccc2)CCCN1C(=O)[C@@H]1CCCN1C(=O)[C@@H](N)[C@@H](C)O)[C@@H](C)O. The first kappa shape index (κ1) is 28.5. The van der Waals surface area contributed by atoms with Gasteiger partial charge in [0.05, 0.1) is 19.3 Å². The van der Waals surface area contributed by atoms with E-state index < -0.39 is 53.7 Å². The molecule has 0 bridgehead atoms. The maximum absolute atomic E-state index is 14.0. The highest BCUT2D eigenvalue weighted by molar-refractivity contribution is 5.97. The predicted octanol–water partition coefficient (Wildman–Crippen LogP) is -0.672. The molecule has 1 aromatic carbocycles. The third-order valence-electron chi connectivity index (χ3n) is 7.37. The molecular weight excluding hydrogens is 480 g/mol. The van der Waals surface area contributed by atoms with Crippen molar-refractivity contribution in [2.75, 3.05) is 20.2 Å². The molecule has 11 heteroatoms. The average Bonchev–Trinajstić information content (AvgIpc) is 3.54. The van der Waals surface area contributed by atoms with Crippen LogP contribution in [0.1, 0.15) is 45.1 Å². The molecule has 5 N–H and O–H groups in total. The Morgan fingerprint density at radius 2 is 1.78 bits per heavy atom. The summed E-state index contributed by atoms with van der Waals surface area (Å²) >= 11 is 0. The fraction of sp³-hybridized carbons (Fsp3) is 0.615. The number of carbonyl (C=O) groups excluding carboxylic acids is 4. The zero-order chi connectivity index (χ0) is 27.3.